The Hall–Kier alpha value is 0.820. The standard InChI is InChI=1S/C12H25NP2/c1-14-7-3-5-11(14)9-13-10-12-6-4-8-15(12)2/h11-13H,3-10H2,1-2H3/t11-,12-,14-,15-/m1/s1. The lowest BCUT2D eigenvalue weighted by Gasteiger charge is -2.20. The van der Waals surface area contributed by atoms with Crippen LogP contribution >= 0.6 is 15.8 Å². The van der Waals surface area contributed by atoms with Crippen LogP contribution in [0.3, 0.4) is 0 Å². The number of nitrogens with one attached hydrogen (secondary N) is 1. The van der Waals surface area contributed by atoms with E-state index < -0.39 is 0 Å². The first-order valence-electron chi connectivity index (χ1n) is 6.38. The highest BCUT2D eigenvalue weighted by molar-refractivity contribution is 7.58. The first-order valence-corrected chi connectivity index (χ1v) is 10.5. The predicted octanol–water partition coefficient (Wildman–Crippen LogP) is 3.12. The molecule has 3 heteroatoms. The summed E-state index contributed by atoms with van der Waals surface area (Å²) in [7, 11) is 0.759. The van der Waals surface area contributed by atoms with E-state index in [1.165, 1.54) is 51.1 Å². The van der Waals surface area contributed by atoms with Gasteiger partial charge in [0.25, 0.3) is 0 Å². The third-order valence-electron chi connectivity index (χ3n) is 4.10. The van der Waals surface area contributed by atoms with Gasteiger partial charge in [0.1, 0.15) is 0 Å². The van der Waals surface area contributed by atoms with Gasteiger partial charge in [-0.25, -0.2) is 0 Å². The van der Waals surface area contributed by atoms with Crippen molar-refractivity contribution in [3.8, 4) is 0 Å². The van der Waals surface area contributed by atoms with E-state index in [1.807, 2.05) is 0 Å². The summed E-state index contributed by atoms with van der Waals surface area (Å²) in [6.07, 6.45) is 9.07. The van der Waals surface area contributed by atoms with Crippen LogP contribution in [0.5, 0.6) is 0 Å². The van der Waals surface area contributed by atoms with E-state index in [2.05, 4.69) is 18.6 Å². The molecular weight excluding hydrogens is 220 g/mol. The monoisotopic (exact) mass is 245 g/mol. The molecule has 88 valence electrons. The van der Waals surface area contributed by atoms with Crippen molar-refractivity contribution in [2.24, 2.45) is 0 Å². The Balaban J connectivity index is 1.62. The zero-order valence-electron chi connectivity index (χ0n) is 10.2. The van der Waals surface area contributed by atoms with Gasteiger partial charge in [0.05, 0.1) is 0 Å². The molecule has 0 spiro atoms. The van der Waals surface area contributed by atoms with Gasteiger partial charge in [-0.15, -0.1) is 15.8 Å². The molecular formula is C12H25NP2. The highest BCUT2D eigenvalue weighted by atomic mass is 31.1. The highest BCUT2D eigenvalue weighted by Crippen LogP contribution is 2.47. The molecule has 0 aliphatic carbocycles. The van der Waals surface area contributed by atoms with Gasteiger partial charge in [0, 0.05) is 13.1 Å². The van der Waals surface area contributed by atoms with Crippen molar-refractivity contribution >= 4 is 15.8 Å². The van der Waals surface area contributed by atoms with Crippen molar-refractivity contribution in [2.75, 3.05) is 38.7 Å². The summed E-state index contributed by atoms with van der Waals surface area (Å²) in [6, 6.07) is 0. The van der Waals surface area contributed by atoms with Crippen LogP contribution in [0, 0.1) is 0 Å². The van der Waals surface area contributed by atoms with Gasteiger partial charge < -0.3 is 5.32 Å². The van der Waals surface area contributed by atoms with E-state index in [9.17, 15) is 0 Å². The smallest absolute Gasteiger partial charge is 0.00191 e. The van der Waals surface area contributed by atoms with Crippen LogP contribution in [0.2, 0.25) is 0 Å². The quantitative estimate of drug-likeness (QED) is 0.750. The Morgan fingerprint density at radius 2 is 1.40 bits per heavy atom. The van der Waals surface area contributed by atoms with Crippen molar-refractivity contribution in [1.29, 1.82) is 0 Å². The van der Waals surface area contributed by atoms with Gasteiger partial charge >= 0.3 is 0 Å². The van der Waals surface area contributed by atoms with E-state index in [1.54, 1.807) is 0 Å². The van der Waals surface area contributed by atoms with Gasteiger partial charge in [-0.2, -0.15) is 0 Å². The van der Waals surface area contributed by atoms with Crippen molar-refractivity contribution in [2.45, 2.75) is 37.0 Å². The number of hydrogen-bond donors (Lipinski definition) is 1. The third kappa shape index (κ3) is 3.39. The Labute approximate surface area is 97.3 Å². The summed E-state index contributed by atoms with van der Waals surface area (Å²) in [5.74, 6) is 0. The van der Waals surface area contributed by atoms with E-state index in [0.29, 0.717) is 15.8 Å². The summed E-state index contributed by atoms with van der Waals surface area (Å²) in [5, 5.41) is 3.76. The van der Waals surface area contributed by atoms with Gasteiger partial charge in [-0.3, -0.25) is 0 Å². The average molecular weight is 245 g/mol. The van der Waals surface area contributed by atoms with Crippen LogP contribution in [0.4, 0.5) is 0 Å². The minimum Gasteiger partial charge on any atom is -0.315 e. The van der Waals surface area contributed by atoms with Crippen molar-refractivity contribution in [3.05, 3.63) is 0 Å². The molecule has 1 nitrogen and oxygen atoms in total. The molecule has 0 aromatic heterocycles. The highest BCUT2D eigenvalue weighted by Gasteiger charge is 2.25. The number of rotatable bonds is 4. The van der Waals surface area contributed by atoms with Crippen LogP contribution in [-0.2, 0) is 0 Å². The second kappa shape index (κ2) is 5.95. The molecule has 2 aliphatic heterocycles. The Kier molecular flexibility index (Phi) is 4.87. The molecule has 0 aromatic rings. The molecule has 2 saturated heterocycles. The van der Waals surface area contributed by atoms with Gasteiger partial charge in [0.2, 0.25) is 0 Å². The normalized spacial score (nSPS) is 41.2. The van der Waals surface area contributed by atoms with Crippen LogP contribution in [0.15, 0.2) is 0 Å². The largest absolute Gasteiger partial charge is 0.315 e. The van der Waals surface area contributed by atoms with Crippen LogP contribution in [0.25, 0.3) is 0 Å². The number of hydrogen-bond acceptors (Lipinski definition) is 1. The average Bonchev–Trinajstić information content (AvgIpc) is 2.78. The van der Waals surface area contributed by atoms with Gasteiger partial charge in [0.15, 0.2) is 0 Å². The van der Waals surface area contributed by atoms with Gasteiger partial charge in [-0.05, 0) is 62.7 Å². The SMILES string of the molecule is C[P@]1CCC[C@@H]1CNC[C@H]1CCC[P@@]1C. The minimum absolute atomic E-state index is 0.379. The predicted molar refractivity (Wildman–Crippen MR) is 74.3 cm³/mol. The lowest BCUT2D eigenvalue weighted by atomic mass is 10.2. The molecule has 2 fully saturated rings. The molecule has 0 aromatic carbocycles. The third-order valence-corrected chi connectivity index (χ3v) is 9.52. The Morgan fingerprint density at radius 1 is 0.933 bits per heavy atom. The lowest BCUT2D eigenvalue weighted by molar-refractivity contribution is 0.616. The molecule has 0 amide bonds. The maximum atomic E-state index is 3.76. The summed E-state index contributed by atoms with van der Waals surface area (Å²) in [5.41, 5.74) is 2.09. The summed E-state index contributed by atoms with van der Waals surface area (Å²) in [6.45, 7) is 7.64. The zero-order chi connectivity index (χ0) is 10.7. The second-order valence-corrected chi connectivity index (χ2v) is 10.6. The van der Waals surface area contributed by atoms with E-state index in [0.717, 1.165) is 11.3 Å². The Bertz CT molecular complexity index is 178. The van der Waals surface area contributed by atoms with E-state index >= 15 is 0 Å². The molecule has 15 heavy (non-hydrogen) atoms. The lowest BCUT2D eigenvalue weighted by Crippen LogP contribution is -2.30. The maximum Gasteiger partial charge on any atom is 0.00191 e. The minimum atomic E-state index is 0.379. The molecule has 0 saturated carbocycles. The van der Waals surface area contributed by atoms with Crippen LogP contribution < -0.4 is 5.32 Å². The van der Waals surface area contributed by atoms with Crippen molar-refractivity contribution in [3.63, 3.8) is 0 Å². The topological polar surface area (TPSA) is 12.0 Å². The molecule has 0 unspecified atom stereocenters. The first kappa shape index (κ1) is 12.3. The zero-order valence-corrected chi connectivity index (χ0v) is 12.0. The van der Waals surface area contributed by atoms with Crippen molar-refractivity contribution < 1.29 is 0 Å². The molecule has 2 aliphatic rings. The van der Waals surface area contributed by atoms with Crippen LogP contribution in [-0.4, -0.2) is 50.1 Å². The van der Waals surface area contributed by atoms with Crippen LogP contribution in [0.1, 0.15) is 25.7 Å². The maximum absolute atomic E-state index is 3.76. The summed E-state index contributed by atoms with van der Waals surface area (Å²) in [4.78, 5) is 0. The molecule has 0 bridgehead atoms. The molecule has 1 N–H and O–H groups in total. The first-order chi connectivity index (χ1) is 7.27. The van der Waals surface area contributed by atoms with E-state index in [4.69, 9.17) is 0 Å². The second-order valence-electron chi connectivity index (χ2n) is 5.21. The molecule has 2 rings (SSSR count). The molecule has 0 radical (unpaired) electrons. The summed E-state index contributed by atoms with van der Waals surface area (Å²) >= 11 is 0. The molecule has 4 atom stereocenters. The van der Waals surface area contributed by atoms with E-state index in [-0.39, 0.29) is 0 Å². The van der Waals surface area contributed by atoms with Gasteiger partial charge in [-0.1, -0.05) is 0 Å². The fourth-order valence-corrected chi connectivity index (χ4v) is 7.11. The molecule has 2 heterocycles. The Morgan fingerprint density at radius 3 is 1.73 bits per heavy atom. The summed E-state index contributed by atoms with van der Waals surface area (Å²) < 4.78 is 0. The fraction of sp³-hybridized carbons (Fsp3) is 1.00. The fourth-order valence-electron chi connectivity index (χ4n) is 2.89. The van der Waals surface area contributed by atoms with Crippen molar-refractivity contribution in [1.82, 2.24) is 5.32 Å².